The van der Waals surface area contributed by atoms with Crippen LogP contribution >= 0.6 is 0 Å². The van der Waals surface area contributed by atoms with Crippen molar-refractivity contribution in [3.63, 3.8) is 0 Å². The normalized spacial score (nSPS) is 19.0. The predicted octanol–water partition coefficient (Wildman–Crippen LogP) is 3.64. The molecule has 4 heteroatoms. The van der Waals surface area contributed by atoms with E-state index in [0.717, 1.165) is 43.7 Å². The van der Waals surface area contributed by atoms with Gasteiger partial charge in [-0.3, -0.25) is 4.79 Å². The monoisotopic (exact) mass is 322 g/mol. The van der Waals surface area contributed by atoms with Crippen LogP contribution in [0.4, 0.5) is 5.69 Å². The molecule has 2 aromatic carbocycles. The predicted molar refractivity (Wildman–Crippen MR) is 94.6 cm³/mol. The van der Waals surface area contributed by atoms with Gasteiger partial charge in [0.2, 0.25) is 0 Å². The Hall–Kier alpha value is -2.49. The minimum Gasteiger partial charge on any atom is -0.497 e. The fraction of sp³-hybridized carbons (Fsp3) is 0.350. The highest BCUT2D eigenvalue weighted by Crippen LogP contribution is 2.34. The number of fused-ring (bicyclic) bond motifs is 1. The van der Waals surface area contributed by atoms with E-state index in [1.807, 2.05) is 29.2 Å². The lowest BCUT2D eigenvalue weighted by Crippen LogP contribution is -2.30. The first-order valence-electron chi connectivity index (χ1n) is 8.58. The second-order valence-corrected chi connectivity index (χ2v) is 6.48. The van der Waals surface area contributed by atoms with E-state index in [1.165, 1.54) is 16.8 Å². The average Bonchev–Trinajstić information content (AvgIpc) is 3.29. The van der Waals surface area contributed by atoms with E-state index in [1.54, 1.807) is 7.11 Å². The largest absolute Gasteiger partial charge is 0.497 e. The number of amides is 1. The molecule has 2 aromatic rings. The summed E-state index contributed by atoms with van der Waals surface area (Å²) in [6, 6.07) is 14.3. The van der Waals surface area contributed by atoms with Crippen molar-refractivity contribution >= 4 is 11.6 Å². The number of anilines is 1. The molecule has 24 heavy (non-hydrogen) atoms. The molecule has 4 nitrogen and oxygen atoms in total. The van der Waals surface area contributed by atoms with Crippen LogP contribution in [-0.4, -0.2) is 31.0 Å². The number of carbonyl (C=O) groups is 1. The molecule has 0 bridgehead atoms. The molecule has 2 aliphatic rings. The highest BCUT2D eigenvalue weighted by molar-refractivity contribution is 5.95. The highest BCUT2D eigenvalue weighted by atomic mass is 16.5. The number of benzene rings is 2. The Morgan fingerprint density at radius 3 is 2.83 bits per heavy atom. The Bertz CT molecular complexity index is 755. The van der Waals surface area contributed by atoms with Gasteiger partial charge in [0.05, 0.1) is 13.2 Å². The zero-order chi connectivity index (χ0) is 16.5. The van der Waals surface area contributed by atoms with Gasteiger partial charge in [0.1, 0.15) is 5.75 Å². The quantitative estimate of drug-likeness (QED) is 0.938. The lowest BCUT2D eigenvalue weighted by atomic mass is 10.0. The third kappa shape index (κ3) is 2.62. The third-order valence-electron chi connectivity index (χ3n) is 5.08. The number of ether oxygens (including phenoxy) is 1. The highest BCUT2D eigenvalue weighted by Gasteiger charge is 2.31. The van der Waals surface area contributed by atoms with Gasteiger partial charge in [-0.1, -0.05) is 12.1 Å². The van der Waals surface area contributed by atoms with Crippen LogP contribution in [0.25, 0.3) is 0 Å². The van der Waals surface area contributed by atoms with Gasteiger partial charge in [-0.15, -0.1) is 0 Å². The van der Waals surface area contributed by atoms with E-state index in [2.05, 4.69) is 23.5 Å². The van der Waals surface area contributed by atoms with Crippen molar-refractivity contribution in [1.29, 1.82) is 0 Å². The molecule has 0 spiro atoms. The molecule has 2 aliphatic heterocycles. The number of hydrogen-bond acceptors (Lipinski definition) is 3. The van der Waals surface area contributed by atoms with Crippen molar-refractivity contribution in [2.45, 2.75) is 25.3 Å². The summed E-state index contributed by atoms with van der Waals surface area (Å²) in [6.07, 6.45) is 3.07. The van der Waals surface area contributed by atoms with E-state index in [9.17, 15) is 4.79 Å². The summed E-state index contributed by atoms with van der Waals surface area (Å²) in [6.45, 7) is 1.79. The number of methoxy groups -OCH3 is 1. The fourth-order valence-corrected chi connectivity index (χ4v) is 3.79. The Morgan fingerprint density at radius 1 is 1.21 bits per heavy atom. The number of likely N-dealkylation sites (tertiary alicyclic amines) is 1. The summed E-state index contributed by atoms with van der Waals surface area (Å²) in [5, 5.41) is 3.34. The van der Waals surface area contributed by atoms with Crippen LogP contribution in [0, 0.1) is 0 Å². The van der Waals surface area contributed by atoms with Crippen LogP contribution in [0.3, 0.4) is 0 Å². The van der Waals surface area contributed by atoms with Gasteiger partial charge in [-0.2, -0.15) is 0 Å². The Kier molecular flexibility index (Phi) is 3.89. The summed E-state index contributed by atoms with van der Waals surface area (Å²) >= 11 is 0. The van der Waals surface area contributed by atoms with Crippen LogP contribution in [0.1, 0.15) is 40.4 Å². The molecule has 1 saturated heterocycles. The maximum absolute atomic E-state index is 13.0. The van der Waals surface area contributed by atoms with Gasteiger partial charge in [0, 0.05) is 24.3 Å². The number of carbonyl (C=O) groups excluding carboxylic acids is 1. The fourth-order valence-electron chi connectivity index (χ4n) is 3.79. The van der Waals surface area contributed by atoms with E-state index in [0.29, 0.717) is 0 Å². The van der Waals surface area contributed by atoms with Crippen molar-refractivity contribution in [2.75, 3.05) is 25.5 Å². The molecule has 4 rings (SSSR count). The maximum atomic E-state index is 13.0. The molecule has 1 atom stereocenters. The van der Waals surface area contributed by atoms with Crippen molar-refractivity contribution in [2.24, 2.45) is 0 Å². The minimum atomic E-state index is 0.142. The van der Waals surface area contributed by atoms with Crippen molar-refractivity contribution < 1.29 is 9.53 Å². The van der Waals surface area contributed by atoms with Crippen molar-refractivity contribution in [3.05, 3.63) is 59.2 Å². The zero-order valence-electron chi connectivity index (χ0n) is 13.9. The van der Waals surface area contributed by atoms with Crippen LogP contribution in [0.2, 0.25) is 0 Å². The molecule has 1 N–H and O–H groups in total. The molecule has 0 aromatic heterocycles. The number of nitrogens with zero attached hydrogens (tertiary/aromatic N) is 1. The summed E-state index contributed by atoms with van der Waals surface area (Å²) < 4.78 is 5.23. The molecule has 1 fully saturated rings. The summed E-state index contributed by atoms with van der Waals surface area (Å²) in [5.74, 6) is 0.990. The van der Waals surface area contributed by atoms with E-state index in [-0.39, 0.29) is 11.9 Å². The van der Waals surface area contributed by atoms with Gasteiger partial charge in [0.15, 0.2) is 0 Å². The molecular weight excluding hydrogens is 300 g/mol. The van der Waals surface area contributed by atoms with E-state index in [4.69, 9.17) is 4.74 Å². The second kappa shape index (κ2) is 6.19. The number of hydrogen-bond donors (Lipinski definition) is 1. The first kappa shape index (κ1) is 15.1. The van der Waals surface area contributed by atoms with Crippen LogP contribution in [0.15, 0.2) is 42.5 Å². The molecular formula is C20H22N2O2. The summed E-state index contributed by atoms with van der Waals surface area (Å²) in [7, 11) is 1.67. The number of rotatable bonds is 3. The zero-order valence-corrected chi connectivity index (χ0v) is 13.9. The average molecular weight is 322 g/mol. The lowest BCUT2D eigenvalue weighted by Gasteiger charge is -2.25. The molecule has 0 aliphatic carbocycles. The first-order chi connectivity index (χ1) is 11.8. The topological polar surface area (TPSA) is 41.6 Å². The molecule has 2 heterocycles. The third-order valence-corrected chi connectivity index (χ3v) is 5.08. The van der Waals surface area contributed by atoms with Gasteiger partial charge >= 0.3 is 0 Å². The molecule has 1 amide bonds. The van der Waals surface area contributed by atoms with Crippen LogP contribution in [0.5, 0.6) is 5.75 Å². The SMILES string of the molecule is COc1ccc(C2CCCN2C(=O)c2ccc3c(c2)CCN3)cc1. The summed E-state index contributed by atoms with van der Waals surface area (Å²) in [4.78, 5) is 15.1. The molecule has 124 valence electrons. The smallest absolute Gasteiger partial charge is 0.254 e. The van der Waals surface area contributed by atoms with E-state index >= 15 is 0 Å². The van der Waals surface area contributed by atoms with Crippen LogP contribution < -0.4 is 10.1 Å². The van der Waals surface area contributed by atoms with Crippen molar-refractivity contribution in [3.8, 4) is 5.75 Å². The minimum absolute atomic E-state index is 0.142. The molecule has 0 radical (unpaired) electrons. The molecule has 1 unspecified atom stereocenters. The number of nitrogens with one attached hydrogen (secondary N) is 1. The van der Waals surface area contributed by atoms with Gasteiger partial charge < -0.3 is 15.0 Å². The van der Waals surface area contributed by atoms with Gasteiger partial charge in [0.25, 0.3) is 5.91 Å². The van der Waals surface area contributed by atoms with E-state index < -0.39 is 0 Å². The Labute approximate surface area is 142 Å². The van der Waals surface area contributed by atoms with Gasteiger partial charge in [-0.25, -0.2) is 0 Å². The van der Waals surface area contributed by atoms with Crippen molar-refractivity contribution in [1.82, 2.24) is 4.90 Å². The Morgan fingerprint density at radius 2 is 2.04 bits per heavy atom. The Balaban J connectivity index is 1.58. The van der Waals surface area contributed by atoms with Crippen LogP contribution in [-0.2, 0) is 6.42 Å². The summed E-state index contributed by atoms with van der Waals surface area (Å²) in [5.41, 5.74) is 4.41. The standard InChI is InChI=1S/C20H22N2O2/c1-24-17-7-4-14(5-8-17)19-3-2-12-22(19)20(23)16-6-9-18-15(13-16)10-11-21-18/h4-9,13,19,21H,2-3,10-12H2,1H3. The maximum Gasteiger partial charge on any atom is 0.254 e. The van der Waals surface area contributed by atoms with Gasteiger partial charge in [-0.05, 0) is 60.7 Å². The first-order valence-corrected chi connectivity index (χ1v) is 8.58. The second-order valence-electron chi connectivity index (χ2n) is 6.48. The lowest BCUT2D eigenvalue weighted by molar-refractivity contribution is 0.0735. The molecule has 0 saturated carbocycles.